The maximum atomic E-state index is 13.0. The van der Waals surface area contributed by atoms with Crippen LogP contribution in [0, 0.1) is 0 Å². The largest absolute Gasteiger partial charge is 0.361 e. The second-order valence-electron chi connectivity index (χ2n) is 6.02. The number of aromatic amines is 1. The number of carbonyl (C=O) groups is 1. The second kappa shape index (κ2) is 5.98. The fourth-order valence-corrected chi connectivity index (χ4v) is 3.71. The lowest BCUT2D eigenvalue weighted by atomic mass is 10.0. The molecule has 4 nitrogen and oxygen atoms in total. The Morgan fingerprint density at radius 2 is 2.04 bits per heavy atom. The molecule has 0 fully saturated rings. The number of aromatic nitrogens is 1. The number of hydrogen-bond acceptors (Lipinski definition) is 2. The Bertz CT molecular complexity index is 918. The minimum Gasteiger partial charge on any atom is -0.361 e. The fraction of sp³-hybridized carbons (Fsp3) is 0.211. The van der Waals surface area contributed by atoms with Crippen molar-refractivity contribution < 1.29 is 4.79 Å². The van der Waals surface area contributed by atoms with Crippen LogP contribution >= 0.6 is 15.9 Å². The quantitative estimate of drug-likeness (QED) is 0.674. The van der Waals surface area contributed by atoms with Crippen molar-refractivity contribution in [3.8, 4) is 0 Å². The van der Waals surface area contributed by atoms with E-state index in [0.29, 0.717) is 6.54 Å². The summed E-state index contributed by atoms with van der Waals surface area (Å²) >= 11 is 3.54. The standard InChI is InChI=1S/C19H18BrN3O/c1-2-9-23-18(22-17-6-4-3-5-13(17)19(23)24)15-11-21-16-8-7-12(20)10-14(15)16/h3-8,10-11,18,21-22H,2,9H2,1H3/t18-/m1/s1. The lowest BCUT2D eigenvalue weighted by Crippen LogP contribution is -2.43. The molecule has 1 atom stereocenters. The summed E-state index contributed by atoms with van der Waals surface area (Å²) in [4.78, 5) is 18.2. The Balaban J connectivity index is 1.85. The van der Waals surface area contributed by atoms with Gasteiger partial charge in [0.1, 0.15) is 6.17 Å². The van der Waals surface area contributed by atoms with Gasteiger partial charge >= 0.3 is 0 Å². The molecule has 1 aliphatic heterocycles. The number of para-hydroxylation sites is 1. The van der Waals surface area contributed by atoms with Gasteiger partial charge in [0.05, 0.1) is 5.56 Å². The first kappa shape index (κ1) is 15.3. The van der Waals surface area contributed by atoms with Gasteiger partial charge in [-0.1, -0.05) is 35.0 Å². The molecule has 3 aromatic rings. The van der Waals surface area contributed by atoms with Gasteiger partial charge < -0.3 is 15.2 Å². The first-order chi connectivity index (χ1) is 11.7. The topological polar surface area (TPSA) is 48.1 Å². The molecule has 5 heteroatoms. The Morgan fingerprint density at radius 3 is 2.88 bits per heavy atom. The highest BCUT2D eigenvalue weighted by molar-refractivity contribution is 9.10. The fourth-order valence-electron chi connectivity index (χ4n) is 3.35. The smallest absolute Gasteiger partial charge is 0.257 e. The lowest BCUT2D eigenvalue weighted by molar-refractivity contribution is 0.0684. The number of H-pyrrole nitrogens is 1. The summed E-state index contributed by atoms with van der Waals surface area (Å²) in [6, 6.07) is 13.9. The van der Waals surface area contributed by atoms with E-state index >= 15 is 0 Å². The van der Waals surface area contributed by atoms with Crippen molar-refractivity contribution in [1.29, 1.82) is 0 Å². The minimum absolute atomic E-state index is 0.0838. The summed E-state index contributed by atoms with van der Waals surface area (Å²) in [5.41, 5.74) is 3.78. The average Bonchev–Trinajstić information content (AvgIpc) is 3.00. The van der Waals surface area contributed by atoms with Gasteiger partial charge in [-0.2, -0.15) is 0 Å². The number of benzene rings is 2. The third-order valence-corrected chi connectivity index (χ3v) is 4.95. The van der Waals surface area contributed by atoms with Crippen molar-refractivity contribution >= 4 is 38.4 Å². The summed E-state index contributed by atoms with van der Waals surface area (Å²) in [6.45, 7) is 2.81. The maximum Gasteiger partial charge on any atom is 0.257 e. The van der Waals surface area contributed by atoms with Crippen molar-refractivity contribution in [3.05, 3.63) is 64.3 Å². The van der Waals surface area contributed by atoms with Crippen molar-refractivity contribution in [3.63, 3.8) is 0 Å². The van der Waals surface area contributed by atoms with Gasteiger partial charge in [0.25, 0.3) is 5.91 Å². The minimum atomic E-state index is -0.171. The zero-order valence-electron chi connectivity index (χ0n) is 13.3. The Morgan fingerprint density at radius 1 is 1.21 bits per heavy atom. The molecule has 0 aliphatic carbocycles. The van der Waals surface area contributed by atoms with Crippen molar-refractivity contribution in [2.45, 2.75) is 19.5 Å². The molecule has 0 bridgehead atoms. The molecule has 0 saturated heterocycles. The normalized spacial score (nSPS) is 17.0. The average molecular weight is 384 g/mol. The molecule has 1 amide bonds. The van der Waals surface area contributed by atoms with Crippen LogP contribution in [0.25, 0.3) is 10.9 Å². The highest BCUT2D eigenvalue weighted by Crippen LogP contribution is 2.36. The number of amides is 1. The number of fused-ring (bicyclic) bond motifs is 2. The first-order valence-electron chi connectivity index (χ1n) is 8.12. The molecule has 1 aliphatic rings. The van der Waals surface area contributed by atoms with Gasteiger partial charge in [0.2, 0.25) is 0 Å². The number of rotatable bonds is 3. The van der Waals surface area contributed by atoms with Crippen LogP contribution in [0.5, 0.6) is 0 Å². The molecule has 0 radical (unpaired) electrons. The highest BCUT2D eigenvalue weighted by Gasteiger charge is 2.33. The van der Waals surface area contributed by atoms with E-state index in [-0.39, 0.29) is 12.1 Å². The number of carbonyl (C=O) groups excluding carboxylic acids is 1. The van der Waals surface area contributed by atoms with E-state index in [1.165, 1.54) is 0 Å². The Kier molecular flexibility index (Phi) is 3.81. The number of hydrogen-bond donors (Lipinski definition) is 2. The monoisotopic (exact) mass is 383 g/mol. The van der Waals surface area contributed by atoms with E-state index in [1.54, 1.807) is 0 Å². The molecule has 2 N–H and O–H groups in total. The summed E-state index contributed by atoms with van der Waals surface area (Å²) in [5, 5.41) is 4.67. The molecular weight excluding hydrogens is 366 g/mol. The van der Waals surface area contributed by atoms with Crippen LogP contribution in [-0.2, 0) is 0 Å². The van der Waals surface area contributed by atoms with Gasteiger partial charge in [-0.05, 0) is 36.8 Å². The zero-order chi connectivity index (χ0) is 16.7. The molecular formula is C19H18BrN3O. The van der Waals surface area contributed by atoms with Crippen LogP contribution in [-0.4, -0.2) is 22.3 Å². The molecule has 2 aromatic carbocycles. The number of nitrogens with one attached hydrogen (secondary N) is 2. The molecule has 122 valence electrons. The highest BCUT2D eigenvalue weighted by atomic mass is 79.9. The van der Waals surface area contributed by atoms with Crippen LogP contribution in [0.2, 0.25) is 0 Å². The molecule has 2 heterocycles. The van der Waals surface area contributed by atoms with Crippen LogP contribution < -0.4 is 5.32 Å². The Labute approximate surface area is 149 Å². The molecule has 0 spiro atoms. The molecule has 0 unspecified atom stereocenters. The third-order valence-electron chi connectivity index (χ3n) is 4.46. The van der Waals surface area contributed by atoms with Crippen LogP contribution in [0.3, 0.4) is 0 Å². The van der Waals surface area contributed by atoms with E-state index in [9.17, 15) is 4.79 Å². The van der Waals surface area contributed by atoms with Crippen LogP contribution in [0.4, 0.5) is 5.69 Å². The maximum absolute atomic E-state index is 13.0. The van der Waals surface area contributed by atoms with Crippen molar-refractivity contribution in [2.24, 2.45) is 0 Å². The Hall–Kier alpha value is -2.27. The molecule has 1 aromatic heterocycles. The summed E-state index contributed by atoms with van der Waals surface area (Å²) in [6.07, 6.45) is 2.74. The predicted molar refractivity (Wildman–Crippen MR) is 100 cm³/mol. The van der Waals surface area contributed by atoms with Crippen molar-refractivity contribution in [1.82, 2.24) is 9.88 Å². The van der Waals surface area contributed by atoms with E-state index in [2.05, 4.69) is 39.2 Å². The zero-order valence-corrected chi connectivity index (χ0v) is 14.9. The molecule has 4 rings (SSSR count). The SMILES string of the molecule is CCCN1C(=O)c2ccccc2N[C@H]1c1c[nH]c2ccc(Br)cc12. The first-order valence-corrected chi connectivity index (χ1v) is 8.91. The van der Waals surface area contributed by atoms with Crippen LogP contribution in [0.15, 0.2) is 53.1 Å². The predicted octanol–water partition coefficient (Wildman–Crippen LogP) is 4.91. The number of halogens is 1. The van der Waals surface area contributed by atoms with Crippen molar-refractivity contribution in [2.75, 3.05) is 11.9 Å². The van der Waals surface area contributed by atoms with Gasteiger partial charge in [-0.25, -0.2) is 0 Å². The summed E-state index contributed by atoms with van der Waals surface area (Å²) in [5.74, 6) is 0.0838. The molecule has 24 heavy (non-hydrogen) atoms. The lowest BCUT2D eigenvalue weighted by Gasteiger charge is -2.37. The van der Waals surface area contributed by atoms with E-state index < -0.39 is 0 Å². The second-order valence-corrected chi connectivity index (χ2v) is 6.94. The van der Waals surface area contributed by atoms with E-state index in [0.717, 1.165) is 38.6 Å². The summed E-state index contributed by atoms with van der Waals surface area (Å²) < 4.78 is 1.03. The van der Waals surface area contributed by atoms with Crippen LogP contribution in [0.1, 0.15) is 35.4 Å². The van der Waals surface area contributed by atoms with Gasteiger partial charge in [0, 0.05) is 39.4 Å². The van der Waals surface area contributed by atoms with Gasteiger partial charge in [0.15, 0.2) is 0 Å². The third kappa shape index (κ3) is 2.40. The molecule has 0 saturated carbocycles. The number of nitrogens with zero attached hydrogens (tertiary/aromatic N) is 1. The van der Waals surface area contributed by atoms with Gasteiger partial charge in [-0.3, -0.25) is 4.79 Å². The summed E-state index contributed by atoms with van der Waals surface area (Å²) in [7, 11) is 0. The van der Waals surface area contributed by atoms with Gasteiger partial charge in [-0.15, -0.1) is 0 Å². The number of anilines is 1. The van der Waals surface area contributed by atoms with E-state index in [1.807, 2.05) is 47.5 Å². The van der Waals surface area contributed by atoms with E-state index in [4.69, 9.17) is 0 Å².